The summed E-state index contributed by atoms with van der Waals surface area (Å²) >= 11 is 0. The molecule has 5 heteroatoms. The number of hydrazone groups is 1. The van der Waals surface area contributed by atoms with Gasteiger partial charge in [-0.05, 0) is 0 Å². The van der Waals surface area contributed by atoms with Gasteiger partial charge in [-0.1, -0.05) is 25.7 Å². The molecule has 0 aliphatic rings. The van der Waals surface area contributed by atoms with Crippen molar-refractivity contribution in [2.45, 2.75) is 32.1 Å². The van der Waals surface area contributed by atoms with Crippen molar-refractivity contribution in [1.29, 1.82) is 0 Å². The highest BCUT2D eigenvalue weighted by atomic mass is 28.3. The fourth-order valence-corrected chi connectivity index (χ4v) is 2.11. The van der Waals surface area contributed by atoms with E-state index in [1.165, 1.54) is 6.04 Å². The third-order valence-electron chi connectivity index (χ3n) is 1.79. The van der Waals surface area contributed by atoms with Gasteiger partial charge in [0.1, 0.15) is 5.84 Å². The second-order valence-electron chi connectivity index (χ2n) is 5.46. The van der Waals surface area contributed by atoms with Crippen LogP contribution in [-0.2, 0) is 0 Å². The Morgan fingerprint density at radius 1 is 1.13 bits per heavy atom. The smallest absolute Gasteiger partial charge is 0.136 e. The van der Waals surface area contributed by atoms with Crippen molar-refractivity contribution in [3.63, 3.8) is 0 Å². The van der Waals surface area contributed by atoms with Gasteiger partial charge in [0.05, 0.1) is 0 Å². The molecule has 0 bridgehead atoms. The Labute approximate surface area is 95.3 Å². The van der Waals surface area contributed by atoms with Gasteiger partial charge in [-0.25, -0.2) is 5.01 Å². The number of nitrogens with one attached hydrogen (secondary N) is 1. The van der Waals surface area contributed by atoms with Gasteiger partial charge in [0.25, 0.3) is 0 Å². The van der Waals surface area contributed by atoms with Crippen LogP contribution in [0.1, 0.15) is 6.42 Å². The van der Waals surface area contributed by atoms with Crippen molar-refractivity contribution in [3.05, 3.63) is 0 Å². The molecule has 15 heavy (non-hydrogen) atoms. The molecule has 0 fully saturated rings. The van der Waals surface area contributed by atoms with E-state index in [4.69, 9.17) is 0 Å². The molecule has 0 aromatic rings. The molecule has 0 saturated carbocycles. The summed E-state index contributed by atoms with van der Waals surface area (Å²) in [6.07, 6.45) is 1.03. The molecule has 90 valence electrons. The van der Waals surface area contributed by atoms with Crippen LogP contribution >= 0.6 is 0 Å². The molecule has 0 spiro atoms. The molecule has 0 amide bonds. The third kappa shape index (κ3) is 9.74. The van der Waals surface area contributed by atoms with Gasteiger partial charge in [0.15, 0.2) is 0 Å². The molecule has 0 heterocycles. The normalized spacial score (nSPS) is 13.2. The number of hydrogen-bond acceptors (Lipinski definition) is 3. The lowest BCUT2D eigenvalue weighted by atomic mass is 10.4. The van der Waals surface area contributed by atoms with Gasteiger partial charge in [0, 0.05) is 42.7 Å². The van der Waals surface area contributed by atoms with E-state index >= 15 is 0 Å². The maximum absolute atomic E-state index is 4.44. The molecule has 0 saturated heterocycles. The first kappa shape index (κ1) is 14.4. The first-order valence-corrected chi connectivity index (χ1v) is 9.10. The Bertz CT molecular complexity index is 206. The van der Waals surface area contributed by atoms with Crippen molar-refractivity contribution in [1.82, 2.24) is 15.4 Å². The number of hydrazine groups is 1. The number of rotatable bonds is 5. The van der Waals surface area contributed by atoms with Crippen LogP contribution in [0.4, 0.5) is 0 Å². The summed E-state index contributed by atoms with van der Waals surface area (Å²) < 4.78 is 0. The zero-order valence-electron chi connectivity index (χ0n) is 11.3. The monoisotopic (exact) mass is 230 g/mol. The van der Waals surface area contributed by atoms with Gasteiger partial charge in [-0.3, -0.25) is 0 Å². The fraction of sp³-hybridized carbons (Fsp3) is 0.900. The van der Waals surface area contributed by atoms with Gasteiger partial charge in [-0.15, -0.1) is 0 Å². The van der Waals surface area contributed by atoms with E-state index in [0.29, 0.717) is 0 Å². The van der Waals surface area contributed by atoms with E-state index in [9.17, 15) is 0 Å². The van der Waals surface area contributed by atoms with Crippen LogP contribution in [0.2, 0.25) is 25.7 Å². The largest absolute Gasteiger partial charge is 0.306 e. The Hall–Kier alpha value is -0.553. The molecule has 0 rings (SSSR count). The summed E-state index contributed by atoms with van der Waals surface area (Å²) in [7, 11) is 6.89. The Balaban J connectivity index is 4.26. The van der Waals surface area contributed by atoms with Crippen LogP contribution in [0.3, 0.4) is 0 Å². The van der Waals surface area contributed by atoms with E-state index < -0.39 is 8.07 Å². The molecular formula is C10H26N4Si. The standard InChI is InChI=1S/C10H26N4Si/c1-13(2)11-10(12-14(3)4)8-9-15(5,6)7/h8-9H2,1-7H3,(H,11,12). The highest BCUT2D eigenvalue weighted by Crippen LogP contribution is 2.11. The molecule has 0 atom stereocenters. The molecule has 1 N–H and O–H groups in total. The summed E-state index contributed by atoms with van der Waals surface area (Å²) in [6, 6.07) is 1.26. The quantitative estimate of drug-likeness (QED) is 0.337. The molecule has 0 radical (unpaired) electrons. The highest BCUT2D eigenvalue weighted by molar-refractivity contribution is 6.76. The van der Waals surface area contributed by atoms with Gasteiger partial charge in [0.2, 0.25) is 0 Å². The van der Waals surface area contributed by atoms with Crippen LogP contribution in [0.15, 0.2) is 5.10 Å². The van der Waals surface area contributed by atoms with Crippen molar-refractivity contribution in [2.75, 3.05) is 28.2 Å². The number of amidine groups is 1. The van der Waals surface area contributed by atoms with E-state index in [1.54, 1.807) is 0 Å². The van der Waals surface area contributed by atoms with Crippen molar-refractivity contribution >= 4 is 13.9 Å². The predicted molar refractivity (Wildman–Crippen MR) is 70.7 cm³/mol. The molecule has 0 aromatic heterocycles. The summed E-state index contributed by atoms with van der Waals surface area (Å²) in [5, 5.41) is 8.22. The maximum atomic E-state index is 4.44. The van der Waals surface area contributed by atoms with Crippen molar-refractivity contribution < 1.29 is 0 Å². The lowest BCUT2D eigenvalue weighted by Gasteiger charge is -2.21. The first-order chi connectivity index (χ1) is 6.70. The SMILES string of the molecule is CN(C)/N=C(/CC[Si](C)(C)C)NN(C)C. The van der Waals surface area contributed by atoms with Crippen LogP contribution in [0.25, 0.3) is 0 Å². The zero-order chi connectivity index (χ0) is 12.1. The second-order valence-corrected chi connectivity index (χ2v) is 11.1. The second kappa shape index (κ2) is 6.12. The van der Waals surface area contributed by atoms with Crippen molar-refractivity contribution in [2.24, 2.45) is 5.10 Å². The molecule has 0 aliphatic carbocycles. The molecular weight excluding hydrogens is 204 g/mol. The number of nitrogens with zero attached hydrogens (tertiary/aromatic N) is 3. The molecule has 0 unspecified atom stereocenters. The predicted octanol–water partition coefficient (Wildman–Crippen LogP) is 1.66. The van der Waals surface area contributed by atoms with Crippen LogP contribution in [-0.4, -0.2) is 52.1 Å². The molecule has 0 aliphatic heterocycles. The minimum absolute atomic E-state index is 0.980. The maximum Gasteiger partial charge on any atom is 0.136 e. The van der Waals surface area contributed by atoms with E-state index in [1.807, 2.05) is 38.2 Å². The summed E-state index contributed by atoms with van der Waals surface area (Å²) in [4.78, 5) is 0. The third-order valence-corrected chi connectivity index (χ3v) is 3.54. The summed E-state index contributed by atoms with van der Waals surface area (Å²) in [6.45, 7) is 7.15. The Morgan fingerprint density at radius 2 is 1.67 bits per heavy atom. The van der Waals surface area contributed by atoms with Gasteiger partial charge < -0.3 is 10.4 Å². The first-order valence-electron chi connectivity index (χ1n) is 5.39. The average Bonchev–Trinajstić information content (AvgIpc) is 1.96. The summed E-state index contributed by atoms with van der Waals surface area (Å²) in [5.74, 6) is 1.05. The van der Waals surface area contributed by atoms with Gasteiger partial charge in [-0.2, -0.15) is 5.10 Å². The fourth-order valence-electron chi connectivity index (χ4n) is 1.12. The lowest BCUT2D eigenvalue weighted by Crippen LogP contribution is -2.38. The average molecular weight is 230 g/mol. The topological polar surface area (TPSA) is 30.9 Å². The van der Waals surface area contributed by atoms with E-state index in [0.717, 1.165) is 12.3 Å². The Morgan fingerprint density at radius 3 is 2.00 bits per heavy atom. The lowest BCUT2D eigenvalue weighted by molar-refractivity contribution is 0.348. The minimum atomic E-state index is -0.980. The van der Waals surface area contributed by atoms with Crippen LogP contribution < -0.4 is 5.43 Å². The molecule has 4 nitrogen and oxygen atoms in total. The van der Waals surface area contributed by atoms with Crippen molar-refractivity contribution in [3.8, 4) is 0 Å². The highest BCUT2D eigenvalue weighted by Gasteiger charge is 2.14. The number of hydrogen-bond donors (Lipinski definition) is 1. The van der Waals surface area contributed by atoms with E-state index in [2.05, 4.69) is 30.2 Å². The van der Waals surface area contributed by atoms with Crippen LogP contribution in [0.5, 0.6) is 0 Å². The summed E-state index contributed by atoms with van der Waals surface area (Å²) in [5.41, 5.74) is 3.25. The minimum Gasteiger partial charge on any atom is -0.306 e. The van der Waals surface area contributed by atoms with Crippen LogP contribution in [0, 0.1) is 0 Å². The Kier molecular flexibility index (Phi) is 5.90. The van der Waals surface area contributed by atoms with Gasteiger partial charge >= 0.3 is 0 Å². The zero-order valence-corrected chi connectivity index (χ0v) is 12.3. The molecule has 0 aromatic carbocycles. The van der Waals surface area contributed by atoms with E-state index in [-0.39, 0.29) is 0 Å².